The summed E-state index contributed by atoms with van der Waals surface area (Å²) < 4.78 is 13.5. The normalized spacial score (nSPS) is 20.1. The van der Waals surface area contributed by atoms with Gasteiger partial charge in [-0.2, -0.15) is 0 Å². The first kappa shape index (κ1) is 9.93. The molecule has 0 N–H and O–H groups in total. The predicted molar refractivity (Wildman–Crippen MR) is 43.9 cm³/mol. The van der Waals surface area contributed by atoms with Crippen molar-refractivity contribution in [2.45, 2.75) is 52.6 Å². The SMILES string of the molecule is CCC[C@](C)(F)C(C)CC. The van der Waals surface area contributed by atoms with Crippen molar-refractivity contribution in [3.05, 3.63) is 0 Å². The van der Waals surface area contributed by atoms with E-state index in [1.807, 2.05) is 20.8 Å². The van der Waals surface area contributed by atoms with Crippen LogP contribution >= 0.6 is 0 Å². The average molecular weight is 146 g/mol. The van der Waals surface area contributed by atoms with E-state index < -0.39 is 5.67 Å². The second-order valence-electron chi connectivity index (χ2n) is 3.34. The molecule has 0 amide bonds. The maximum Gasteiger partial charge on any atom is 0.110 e. The summed E-state index contributed by atoms with van der Waals surface area (Å²) >= 11 is 0. The van der Waals surface area contributed by atoms with Crippen molar-refractivity contribution in [3.8, 4) is 0 Å². The van der Waals surface area contributed by atoms with Crippen LogP contribution in [0.2, 0.25) is 0 Å². The van der Waals surface area contributed by atoms with Crippen LogP contribution in [0, 0.1) is 5.92 Å². The number of hydrogen-bond acceptors (Lipinski definition) is 0. The van der Waals surface area contributed by atoms with Gasteiger partial charge in [-0.25, -0.2) is 4.39 Å². The first-order chi connectivity index (χ1) is 4.54. The molecule has 0 spiro atoms. The molecule has 0 radical (unpaired) electrons. The van der Waals surface area contributed by atoms with E-state index in [2.05, 4.69) is 0 Å². The summed E-state index contributed by atoms with van der Waals surface area (Å²) in [6.07, 6.45) is 2.58. The lowest BCUT2D eigenvalue weighted by atomic mass is 9.87. The Morgan fingerprint density at radius 2 is 1.90 bits per heavy atom. The lowest BCUT2D eigenvalue weighted by Gasteiger charge is -2.26. The van der Waals surface area contributed by atoms with Crippen LogP contribution in [0.3, 0.4) is 0 Å². The smallest absolute Gasteiger partial charge is 0.110 e. The van der Waals surface area contributed by atoms with Gasteiger partial charge in [-0.3, -0.25) is 0 Å². The molecule has 0 aromatic rings. The second kappa shape index (κ2) is 3.95. The maximum absolute atomic E-state index is 13.5. The van der Waals surface area contributed by atoms with Crippen LogP contribution in [0.1, 0.15) is 47.0 Å². The van der Waals surface area contributed by atoms with Crippen LogP contribution in [0.5, 0.6) is 0 Å². The summed E-state index contributed by atoms with van der Waals surface area (Å²) in [5.41, 5.74) is -0.941. The highest BCUT2D eigenvalue weighted by Crippen LogP contribution is 2.28. The highest BCUT2D eigenvalue weighted by atomic mass is 19.1. The third-order valence-electron chi connectivity index (χ3n) is 2.38. The Morgan fingerprint density at radius 3 is 2.20 bits per heavy atom. The molecule has 2 atom stereocenters. The van der Waals surface area contributed by atoms with E-state index in [1.54, 1.807) is 6.92 Å². The van der Waals surface area contributed by atoms with Gasteiger partial charge in [0.25, 0.3) is 0 Å². The van der Waals surface area contributed by atoms with Crippen LogP contribution in [0.15, 0.2) is 0 Å². The van der Waals surface area contributed by atoms with E-state index in [-0.39, 0.29) is 5.92 Å². The minimum atomic E-state index is -0.941. The highest BCUT2D eigenvalue weighted by molar-refractivity contribution is 4.77. The molecule has 0 bridgehead atoms. The van der Waals surface area contributed by atoms with Crippen LogP contribution in [0.25, 0.3) is 0 Å². The molecule has 0 aliphatic carbocycles. The number of alkyl halides is 1. The van der Waals surface area contributed by atoms with Gasteiger partial charge in [0.05, 0.1) is 0 Å². The second-order valence-corrected chi connectivity index (χ2v) is 3.34. The molecule has 1 heteroatoms. The van der Waals surface area contributed by atoms with Crippen molar-refractivity contribution >= 4 is 0 Å². The first-order valence-corrected chi connectivity index (χ1v) is 4.23. The minimum absolute atomic E-state index is 0.201. The molecule has 0 aromatic heterocycles. The molecule has 0 heterocycles. The summed E-state index contributed by atoms with van der Waals surface area (Å²) in [5.74, 6) is 0.201. The van der Waals surface area contributed by atoms with Crippen LogP contribution < -0.4 is 0 Å². The van der Waals surface area contributed by atoms with E-state index in [4.69, 9.17) is 0 Å². The molecular formula is C9H19F. The molecule has 0 fully saturated rings. The van der Waals surface area contributed by atoms with Gasteiger partial charge in [-0.05, 0) is 19.3 Å². The zero-order valence-electron chi connectivity index (χ0n) is 7.58. The molecule has 0 nitrogen and oxygen atoms in total. The van der Waals surface area contributed by atoms with Crippen LogP contribution in [-0.4, -0.2) is 5.67 Å². The number of halogens is 1. The molecule has 0 rings (SSSR count). The van der Waals surface area contributed by atoms with Gasteiger partial charge in [0.15, 0.2) is 0 Å². The third-order valence-corrected chi connectivity index (χ3v) is 2.38. The van der Waals surface area contributed by atoms with E-state index in [0.717, 1.165) is 12.8 Å². The Labute approximate surface area is 63.8 Å². The molecule has 0 saturated heterocycles. The lowest BCUT2D eigenvalue weighted by molar-refractivity contribution is 0.0979. The molecule has 0 aliphatic rings. The van der Waals surface area contributed by atoms with Crippen molar-refractivity contribution in [2.75, 3.05) is 0 Å². The molecule has 0 aromatic carbocycles. The molecular weight excluding hydrogens is 127 g/mol. The Balaban J connectivity index is 3.82. The Morgan fingerprint density at radius 1 is 1.40 bits per heavy atom. The summed E-state index contributed by atoms with van der Waals surface area (Å²) in [6.45, 7) is 7.76. The zero-order valence-corrected chi connectivity index (χ0v) is 7.58. The molecule has 1 unspecified atom stereocenters. The topological polar surface area (TPSA) is 0 Å². The van der Waals surface area contributed by atoms with E-state index in [1.165, 1.54) is 0 Å². The van der Waals surface area contributed by atoms with Gasteiger partial charge in [0.1, 0.15) is 5.67 Å². The zero-order chi connectivity index (χ0) is 8.20. The summed E-state index contributed by atoms with van der Waals surface area (Å²) in [5, 5.41) is 0. The number of rotatable bonds is 4. The fourth-order valence-electron chi connectivity index (χ4n) is 1.16. The van der Waals surface area contributed by atoms with Crippen LogP contribution in [-0.2, 0) is 0 Å². The Hall–Kier alpha value is -0.0700. The van der Waals surface area contributed by atoms with Crippen molar-refractivity contribution in [3.63, 3.8) is 0 Å². The van der Waals surface area contributed by atoms with Gasteiger partial charge in [0, 0.05) is 0 Å². The fraction of sp³-hybridized carbons (Fsp3) is 1.00. The predicted octanol–water partition coefficient (Wildman–Crippen LogP) is 3.56. The van der Waals surface area contributed by atoms with Crippen molar-refractivity contribution in [2.24, 2.45) is 5.92 Å². The Kier molecular flexibility index (Phi) is 3.92. The first-order valence-electron chi connectivity index (χ1n) is 4.23. The van der Waals surface area contributed by atoms with Crippen LogP contribution in [0.4, 0.5) is 4.39 Å². The van der Waals surface area contributed by atoms with Crippen molar-refractivity contribution < 1.29 is 4.39 Å². The number of hydrogen-bond donors (Lipinski definition) is 0. The summed E-state index contributed by atoms with van der Waals surface area (Å²) in [7, 11) is 0. The van der Waals surface area contributed by atoms with E-state index >= 15 is 0 Å². The minimum Gasteiger partial charge on any atom is -0.244 e. The molecule has 0 aliphatic heterocycles. The van der Waals surface area contributed by atoms with Gasteiger partial charge in [0.2, 0.25) is 0 Å². The summed E-state index contributed by atoms with van der Waals surface area (Å²) in [6, 6.07) is 0. The largest absolute Gasteiger partial charge is 0.244 e. The molecule has 62 valence electrons. The molecule has 0 saturated carbocycles. The molecule has 10 heavy (non-hydrogen) atoms. The van der Waals surface area contributed by atoms with Crippen molar-refractivity contribution in [1.29, 1.82) is 0 Å². The third kappa shape index (κ3) is 2.68. The van der Waals surface area contributed by atoms with Crippen molar-refractivity contribution in [1.82, 2.24) is 0 Å². The standard InChI is InChI=1S/C9H19F/c1-5-7-9(4,10)8(3)6-2/h8H,5-7H2,1-4H3/t8?,9-/m0/s1. The van der Waals surface area contributed by atoms with Gasteiger partial charge in [-0.1, -0.05) is 33.6 Å². The Bertz CT molecular complexity index is 86.7. The van der Waals surface area contributed by atoms with Gasteiger partial charge in [-0.15, -0.1) is 0 Å². The van der Waals surface area contributed by atoms with E-state index in [9.17, 15) is 4.39 Å². The monoisotopic (exact) mass is 146 g/mol. The van der Waals surface area contributed by atoms with Gasteiger partial charge >= 0.3 is 0 Å². The van der Waals surface area contributed by atoms with Gasteiger partial charge < -0.3 is 0 Å². The maximum atomic E-state index is 13.5. The summed E-state index contributed by atoms with van der Waals surface area (Å²) in [4.78, 5) is 0. The quantitative estimate of drug-likeness (QED) is 0.569. The highest BCUT2D eigenvalue weighted by Gasteiger charge is 2.27. The lowest BCUT2D eigenvalue weighted by Crippen LogP contribution is -2.26. The average Bonchev–Trinajstić information content (AvgIpc) is 1.86. The van der Waals surface area contributed by atoms with E-state index in [0.29, 0.717) is 6.42 Å². The fourth-order valence-corrected chi connectivity index (χ4v) is 1.16.